The Morgan fingerprint density at radius 2 is 2.05 bits per heavy atom. The van der Waals surface area contributed by atoms with Crippen LogP contribution >= 0.6 is 0 Å². The molecule has 1 fully saturated rings. The van der Waals surface area contributed by atoms with Crippen LogP contribution in [-0.4, -0.2) is 36.9 Å². The topological polar surface area (TPSA) is 75.4 Å². The van der Waals surface area contributed by atoms with Crippen molar-refractivity contribution >= 4 is 17.5 Å². The van der Waals surface area contributed by atoms with E-state index < -0.39 is 17.5 Å². The van der Waals surface area contributed by atoms with E-state index in [9.17, 15) is 18.4 Å². The molecule has 0 spiro atoms. The number of piperidine rings is 1. The number of rotatable bonds is 2. The molecule has 7 heteroatoms. The number of carbonyl (C=O) groups excluding carboxylic acids is 2. The fourth-order valence-corrected chi connectivity index (χ4v) is 2.48. The first-order valence-electron chi connectivity index (χ1n) is 6.69. The molecule has 0 saturated carbocycles. The lowest BCUT2D eigenvalue weighted by atomic mass is 9.96. The molecule has 1 saturated heterocycles. The molecule has 1 aromatic carbocycles. The van der Waals surface area contributed by atoms with Crippen molar-refractivity contribution in [2.24, 2.45) is 5.92 Å². The van der Waals surface area contributed by atoms with Crippen molar-refractivity contribution in [1.82, 2.24) is 10.2 Å². The highest BCUT2D eigenvalue weighted by Crippen LogP contribution is 2.22. The Hall–Kier alpha value is -2.18. The monoisotopic (exact) mass is 297 g/mol. The number of hydrogen-bond acceptors (Lipinski definition) is 3. The number of carbonyl (C=O) groups is 2. The Morgan fingerprint density at radius 3 is 2.71 bits per heavy atom. The molecule has 3 N–H and O–H groups in total. The Morgan fingerprint density at radius 1 is 1.33 bits per heavy atom. The Balaban J connectivity index is 2.20. The summed E-state index contributed by atoms with van der Waals surface area (Å²) in [5.41, 5.74) is 4.83. The molecule has 0 bridgehead atoms. The molecule has 1 aliphatic rings. The van der Waals surface area contributed by atoms with Crippen LogP contribution in [0.4, 0.5) is 14.5 Å². The Kier molecular flexibility index (Phi) is 4.40. The largest absolute Gasteiger partial charge is 0.396 e. The van der Waals surface area contributed by atoms with Crippen molar-refractivity contribution in [3.05, 3.63) is 29.3 Å². The lowest BCUT2D eigenvalue weighted by Crippen LogP contribution is -2.45. The Labute approximate surface area is 121 Å². The molecule has 2 rings (SSSR count). The summed E-state index contributed by atoms with van der Waals surface area (Å²) in [7, 11) is 1.53. The zero-order valence-corrected chi connectivity index (χ0v) is 11.7. The van der Waals surface area contributed by atoms with Crippen LogP contribution in [0.15, 0.2) is 12.1 Å². The maximum Gasteiger partial charge on any atom is 0.256 e. The molecule has 0 radical (unpaired) electrons. The number of nitrogens with one attached hydrogen (secondary N) is 1. The first-order chi connectivity index (χ1) is 9.93. The van der Waals surface area contributed by atoms with E-state index in [4.69, 9.17) is 5.73 Å². The van der Waals surface area contributed by atoms with Crippen molar-refractivity contribution < 1.29 is 18.4 Å². The van der Waals surface area contributed by atoms with Crippen LogP contribution in [0.5, 0.6) is 0 Å². The van der Waals surface area contributed by atoms with Gasteiger partial charge in [0.15, 0.2) is 0 Å². The van der Waals surface area contributed by atoms with E-state index in [1.807, 2.05) is 0 Å². The molecule has 1 atom stereocenters. The number of benzene rings is 1. The standard InChI is InChI=1S/C14H17F2N3O2/c1-18-13(20)8-3-2-4-19(7-8)14(21)9-5-12(17)11(16)6-10(9)15/h5-6,8H,2-4,7,17H2,1H3,(H,18,20). The molecule has 1 aromatic rings. The van der Waals surface area contributed by atoms with Crippen LogP contribution in [-0.2, 0) is 4.79 Å². The predicted molar refractivity (Wildman–Crippen MR) is 73.5 cm³/mol. The first-order valence-corrected chi connectivity index (χ1v) is 6.69. The van der Waals surface area contributed by atoms with E-state index in [1.165, 1.54) is 11.9 Å². The van der Waals surface area contributed by atoms with Crippen LogP contribution in [0.3, 0.4) is 0 Å². The molecule has 0 aliphatic carbocycles. The van der Waals surface area contributed by atoms with E-state index in [2.05, 4.69) is 5.32 Å². The summed E-state index contributed by atoms with van der Waals surface area (Å²) >= 11 is 0. The average molecular weight is 297 g/mol. The molecule has 1 unspecified atom stereocenters. The third kappa shape index (κ3) is 3.12. The molecular weight excluding hydrogens is 280 g/mol. The van der Waals surface area contributed by atoms with E-state index in [1.54, 1.807) is 0 Å². The number of nitrogens with zero attached hydrogens (tertiary/aromatic N) is 1. The predicted octanol–water partition coefficient (Wildman–Crippen LogP) is 1.15. The first kappa shape index (κ1) is 15.2. The minimum absolute atomic E-state index is 0.147. The zero-order valence-electron chi connectivity index (χ0n) is 11.7. The molecule has 1 heterocycles. The third-order valence-electron chi connectivity index (χ3n) is 3.64. The summed E-state index contributed by atoms with van der Waals surface area (Å²) in [6.45, 7) is 0.651. The highest BCUT2D eigenvalue weighted by molar-refractivity contribution is 5.95. The van der Waals surface area contributed by atoms with Gasteiger partial charge in [-0.25, -0.2) is 8.78 Å². The van der Waals surface area contributed by atoms with E-state index in [-0.39, 0.29) is 29.6 Å². The van der Waals surface area contributed by atoms with Gasteiger partial charge >= 0.3 is 0 Å². The lowest BCUT2D eigenvalue weighted by Gasteiger charge is -2.32. The normalized spacial score (nSPS) is 18.4. The molecule has 1 aliphatic heterocycles. The summed E-state index contributed by atoms with van der Waals surface area (Å²) < 4.78 is 26.9. The second kappa shape index (κ2) is 6.07. The zero-order chi connectivity index (χ0) is 15.6. The van der Waals surface area contributed by atoms with Gasteiger partial charge in [-0.05, 0) is 18.9 Å². The average Bonchev–Trinajstić information content (AvgIpc) is 2.49. The van der Waals surface area contributed by atoms with Crippen LogP contribution in [0.25, 0.3) is 0 Å². The Bertz CT molecular complexity index is 578. The van der Waals surface area contributed by atoms with Crippen LogP contribution in [0.1, 0.15) is 23.2 Å². The number of amides is 2. The van der Waals surface area contributed by atoms with Crippen molar-refractivity contribution in [3.63, 3.8) is 0 Å². The highest BCUT2D eigenvalue weighted by atomic mass is 19.1. The fourth-order valence-electron chi connectivity index (χ4n) is 2.48. The second-order valence-electron chi connectivity index (χ2n) is 5.06. The van der Waals surface area contributed by atoms with E-state index >= 15 is 0 Å². The maximum atomic E-state index is 13.7. The molecular formula is C14H17F2N3O2. The van der Waals surface area contributed by atoms with Gasteiger partial charge in [-0.15, -0.1) is 0 Å². The SMILES string of the molecule is CNC(=O)C1CCCN(C(=O)c2cc(N)c(F)cc2F)C1. The van der Waals surface area contributed by atoms with Crippen molar-refractivity contribution in [2.75, 3.05) is 25.9 Å². The number of hydrogen-bond donors (Lipinski definition) is 2. The van der Waals surface area contributed by atoms with Crippen molar-refractivity contribution in [3.8, 4) is 0 Å². The number of nitrogen functional groups attached to an aromatic ring is 1. The number of halogens is 2. The van der Waals surface area contributed by atoms with Gasteiger partial charge in [-0.3, -0.25) is 9.59 Å². The molecule has 21 heavy (non-hydrogen) atoms. The number of nitrogens with two attached hydrogens (primary N) is 1. The summed E-state index contributed by atoms with van der Waals surface area (Å²) in [5.74, 6) is -2.88. The van der Waals surface area contributed by atoms with E-state index in [0.717, 1.165) is 6.07 Å². The van der Waals surface area contributed by atoms with Crippen molar-refractivity contribution in [1.29, 1.82) is 0 Å². The lowest BCUT2D eigenvalue weighted by molar-refractivity contribution is -0.125. The second-order valence-corrected chi connectivity index (χ2v) is 5.06. The molecule has 0 aromatic heterocycles. The van der Waals surface area contributed by atoms with Gasteiger partial charge in [0.25, 0.3) is 5.91 Å². The highest BCUT2D eigenvalue weighted by Gasteiger charge is 2.29. The van der Waals surface area contributed by atoms with Gasteiger partial charge in [0.2, 0.25) is 5.91 Å². The summed E-state index contributed by atoms with van der Waals surface area (Å²) in [6, 6.07) is 1.60. The maximum absolute atomic E-state index is 13.7. The quantitative estimate of drug-likeness (QED) is 0.804. The molecule has 2 amide bonds. The summed E-state index contributed by atoms with van der Waals surface area (Å²) in [5, 5.41) is 2.54. The van der Waals surface area contributed by atoms with Gasteiger partial charge in [-0.1, -0.05) is 0 Å². The van der Waals surface area contributed by atoms with Crippen LogP contribution in [0.2, 0.25) is 0 Å². The molecule has 5 nitrogen and oxygen atoms in total. The van der Waals surface area contributed by atoms with Crippen molar-refractivity contribution in [2.45, 2.75) is 12.8 Å². The molecule has 114 valence electrons. The van der Waals surface area contributed by atoms with Gasteiger partial charge in [0.1, 0.15) is 11.6 Å². The van der Waals surface area contributed by atoms with Gasteiger partial charge in [0, 0.05) is 26.2 Å². The number of anilines is 1. The van der Waals surface area contributed by atoms with Gasteiger partial charge < -0.3 is 16.0 Å². The van der Waals surface area contributed by atoms with Gasteiger partial charge in [-0.2, -0.15) is 0 Å². The fraction of sp³-hybridized carbons (Fsp3) is 0.429. The van der Waals surface area contributed by atoms with Gasteiger partial charge in [0.05, 0.1) is 17.2 Å². The van der Waals surface area contributed by atoms with E-state index in [0.29, 0.717) is 25.5 Å². The summed E-state index contributed by atoms with van der Waals surface area (Å²) in [4.78, 5) is 25.4. The minimum Gasteiger partial charge on any atom is -0.396 e. The summed E-state index contributed by atoms with van der Waals surface area (Å²) in [6.07, 6.45) is 1.33. The number of likely N-dealkylation sites (tertiary alicyclic amines) is 1. The minimum atomic E-state index is -0.950. The van der Waals surface area contributed by atoms with Crippen LogP contribution < -0.4 is 11.1 Å². The smallest absolute Gasteiger partial charge is 0.256 e. The third-order valence-corrected chi connectivity index (χ3v) is 3.64. The van der Waals surface area contributed by atoms with Crippen LogP contribution in [0, 0.1) is 17.6 Å².